The van der Waals surface area contributed by atoms with Crippen molar-refractivity contribution in [2.45, 2.75) is 6.36 Å². The van der Waals surface area contributed by atoms with E-state index in [0.717, 1.165) is 7.11 Å². The molecule has 0 radical (unpaired) electrons. The number of hydrogen-bond donors (Lipinski definition) is 1. The fourth-order valence-corrected chi connectivity index (χ4v) is 1.39. The maximum atomic E-state index is 11.9. The smallest absolute Gasteiger partial charge is 0.493 e. The molecule has 1 aromatic heterocycles. The first-order valence-corrected chi connectivity index (χ1v) is 4.64. The molecular weight excluding hydrogens is 330 g/mol. The highest BCUT2D eigenvalue weighted by molar-refractivity contribution is 14.1. The molecular formula is C7H5F3INO3. The average molecular weight is 335 g/mol. The largest absolute Gasteiger partial charge is 0.573 e. The monoisotopic (exact) mass is 335 g/mol. The minimum absolute atomic E-state index is 0.263. The van der Waals surface area contributed by atoms with Gasteiger partial charge in [-0.3, -0.25) is 4.79 Å². The van der Waals surface area contributed by atoms with Crippen LogP contribution in [0, 0.1) is 3.70 Å². The summed E-state index contributed by atoms with van der Waals surface area (Å²) in [5.74, 6) is -1.16. The highest BCUT2D eigenvalue weighted by Gasteiger charge is 2.34. The number of aromatic nitrogens is 1. The fourth-order valence-electron chi connectivity index (χ4n) is 0.858. The molecule has 0 atom stereocenters. The topological polar surface area (TPSA) is 51.3 Å². The van der Waals surface area contributed by atoms with Gasteiger partial charge in [0, 0.05) is 6.07 Å². The number of ether oxygens (including phenoxy) is 2. The lowest BCUT2D eigenvalue weighted by Crippen LogP contribution is -2.23. The third-order valence-corrected chi connectivity index (χ3v) is 1.94. The highest BCUT2D eigenvalue weighted by atomic mass is 127. The Morgan fingerprint density at radius 2 is 2.07 bits per heavy atom. The van der Waals surface area contributed by atoms with Crippen LogP contribution in [0.1, 0.15) is 0 Å². The normalized spacial score (nSPS) is 11.3. The Bertz CT molecular complexity index is 415. The van der Waals surface area contributed by atoms with Crippen molar-refractivity contribution in [1.29, 1.82) is 0 Å². The minimum atomic E-state index is -4.92. The zero-order valence-corrected chi connectivity index (χ0v) is 9.47. The number of H-pyrrole nitrogens is 1. The molecule has 0 aliphatic rings. The number of rotatable bonds is 2. The predicted octanol–water partition coefficient (Wildman–Crippen LogP) is 1.89. The van der Waals surface area contributed by atoms with Crippen LogP contribution in [-0.4, -0.2) is 18.5 Å². The van der Waals surface area contributed by atoms with Crippen molar-refractivity contribution >= 4 is 22.6 Å². The Morgan fingerprint density at radius 3 is 2.53 bits per heavy atom. The minimum Gasteiger partial charge on any atom is -0.493 e. The summed E-state index contributed by atoms with van der Waals surface area (Å²) in [6.07, 6.45) is -4.92. The first kappa shape index (κ1) is 12.1. The van der Waals surface area contributed by atoms with Crippen LogP contribution < -0.4 is 15.0 Å². The van der Waals surface area contributed by atoms with E-state index in [1.165, 1.54) is 6.07 Å². The van der Waals surface area contributed by atoms with Crippen LogP contribution in [0.5, 0.6) is 11.5 Å². The van der Waals surface area contributed by atoms with Gasteiger partial charge in [0.05, 0.1) is 10.8 Å². The number of hydrogen-bond acceptors (Lipinski definition) is 3. The molecule has 0 amide bonds. The van der Waals surface area contributed by atoms with Gasteiger partial charge in [0.1, 0.15) is 0 Å². The van der Waals surface area contributed by atoms with E-state index in [1.54, 1.807) is 22.6 Å². The quantitative estimate of drug-likeness (QED) is 0.663. The van der Waals surface area contributed by atoms with E-state index in [0.29, 0.717) is 3.70 Å². The van der Waals surface area contributed by atoms with E-state index in [4.69, 9.17) is 0 Å². The molecule has 0 fully saturated rings. The van der Waals surface area contributed by atoms with Gasteiger partial charge in [-0.1, -0.05) is 0 Å². The Morgan fingerprint density at radius 1 is 1.47 bits per heavy atom. The van der Waals surface area contributed by atoms with E-state index < -0.39 is 17.7 Å². The molecule has 0 spiro atoms. The third-order valence-electron chi connectivity index (χ3n) is 1.36. The van der Waals surface area contributed by atoms with Crippen molar-refractivity contribution in [3.8, 4) is 11.5 Å². The molecule has 84 valence electrons. The van der Waals surface area contributed by atoms with Crippen LogP contribution in [0.4, 0.5) is 13.2 Å². The number of nitrogens with one attached hydrogen (secondary N) is 1. The number of halogens is 4. The molecule has 0 bridgehead atoms. The third kappa shape index (κ3) is 3.29. The highest BCUT2D eigenvalue weighted by Crippen LogP contribution is 2.28. The van der Waals surface area contributed by atoms with E-state index in [2.05, 4.69) is 14.5 Å². The summed E-state index contributed by atoms with van der Waals surface area (Å²) in [5, 5.41) is 0. The average Bonchev–Trinajstić information content (AvgIpc) is 2.07. The van der Waals surface area contributed by atoms with Crippen LogP contribution in [0.15, 0.2) is 10.9 Å². The molecule has 0 unspecified atom stereocenters. The summed E-state index contributed by atoms with van der Waals surface area (Å²) in [7, 11) is 1.15. The number of alkyl halides is 3. The Hall–Kier alpha value is -0.930. The van der Waals surface area contributed by atoms with Gasteiger partial charge >= 0.3 is 6.36 Å². The summed E-state index contributed by atoms with van der Waals surface area (Å²) >= 11 is 1.74. The van der Waals surface area contributed by atoms with Crippen molar-refractivity contribution in [2.75, 3.05) is 7.11 Å². The van der Waals surface area contributed by atoms with Gasteiger partial charge < -0.3 is 14.5 Å². The van der Waals surface area contributed by atoms with Crippen molar-refractivity contribution in [2.24, 2.45) is 0 Å². The maximum Gasteiger partial charge on any atom is 0.573 e. The van der Waals surface area contributed by atoms with Crippen molar-refractivity contribution in [1.82, 2.24) is 4.98 Å². The van der Waals surface area contributed by atoms with Crippen LogP contribution in [0.2, 0.25) is 0 Å². The number of aromatic amines is 1. The molecule has 15 heavy (non-hydrogen) atoms. The first-order valence-electron chi connectivity index (χ1n) is 3.56. The van der Waals surface area contributed by atoms with Gasteiger partial charge in [-0.2, -0.15) is 0 Å². The molecule has 0 saturated heterocycles. The second-order valence-corrected chi connectivity index (χ2v) is 3.55. The number of pyridine rings is 1. The molecule has 0 aliphatic carbocycles. The van der Waals surface area contributed by atoms with E-state index >= 15 is 0 Å². The molecule has 0 aliphatic heterocycles. The second kappa shape index (κ2) is 4.29. The van der Waals surface area contributed by atoms with Gasteiger partial charge in [0.15, 0.2) is 5.75 Å². The predicted molar refractivity (Wildman–Crippen MR) is 53.0 cm³/mol. The van der Waals surface area contributed by atoms with Crippen LogP contribution in [0.3, 0.4) is 0 Å². The first-order chi connectivity index (χ1) is 6.83. The summed E-state index contributed by atoms with van der Waals surface area (Å²) in [6, 6.07) is 1.23. The molecule has 0 aromatic carbocycles. The summed E-state index contributed by atoms with van der Waals surface area (Å²) in [4.78, 5) is 13.3. The molecule has 1 heterocycles. The Balaban J connectivity index is 3.22. The van der Waals surface area contributed by atoms with Crippen LogP contribution >= 0.6 is 22.6 Å². The molecule has 1 aromatic rings. The van der Waals surface area contributed by atoms with Gasteiger partial charge in [-0.05, 0) is 22.6 Å². The zero-order valence-electron chi connectivity index (χ0n) is 7.31. The van der Waals surface area contributed by atoms with Gasteiger partial charge in [-0.15, -0.1) is 13.2 Å². The fraction of sp³-hybridized carbons (Fsp3) is 0.286. The van der Waals surface area contributed by atoms with E-state index in [9.17, 15) is 18.0 Å². The molecule has 1 rings (SSSR count). The van der Waals surface area contributed by atoms with Crippen LogP contribution in [0.25, 0.3) is 0 Å². The van der Waals surface area contributed by atoms with Crippen molar-refractivity contribution < 1.29 is 22.6 Å². The van der Waals surface area contributed by atoms with Crippen LogP contribution in [-0.2, 0) is 0 Å². The second-order valence-electron chi connectivity index (χ2n) is 2.39. The molecule has 1 N–H and O–H groups in total. The van der Waals surface area contributed by atoms with Crippen molar-refractivity contribution in [3.63, 3.8) is 0 Å². The maximum absolute atomic E-state index is 11.9. The molecule has 0 saturated carbocycles. The van der Waals surface area contributed by atoms with E-state index in [-0.39, 0.29) is 5.75 Å². The summed E-state index contributed by atoms with van der Waals surface area (Å²) in [6.45, 7) is 0. The van der Waals surface area contributed by atoms with Gasteiger partial charge in [0.2, 0.25) is 5.75 Å². The summed E-state index contributed by atoms with van der Waals surface area (Å²) < 4.78 is 44.2. The SMILES string of the molecule is COc1cc(I)[nH]c(=O)c1OC(F)(F)F. The summed E-state index contributed by atoms with van der Waals surface area (Å²) in [5.41, 5.74) is -0.990. The zero-order chi connectivity index (χ0) is 11.6. The lowest BCUT2D eigenvalue weighted by Gasteiger charge is -2.11. The van der Waals surface area contributed by atoms with Gasteiger partial charge in [0.25, 0.3) is 5.56 Å². The molecule has 8 heteroatoms. The van der Waals surface area contributed by atoms with Gasteiger partial charge in [-0.25, -0.2) is 0 Å². The number of methoxy groups -OCH3 is 1. The lowest BCUT2D eigenvalue weighted by molar-refractivity contribution is -0.275. The van der Waals surface area contributed by atoms with Crippen molar-refractivity contribution in [3.05, 3.63) is 20.1 Å². The Kier molecular flexibility index (Phi) is 3.47. The Labute approximate surface area is 95.5 Å². The molecule has 4 nitrogen and oxygen atoms in total. The lowest BCUT2D eigenvalue weighted by atomic mass is 10.4. The standard InChI is InChI=1S/C7H5F3INO3/c1-14-3-2-4(11)12-6(13)5(3)15-7(8,9)10/h2H,1H3,(H,12,13). The van der Waals surface area contributed by atoms with E-state index in [1.807, 2.05) is 0 Å².